The highest BCUT2D eigenvalue weighted by Gasteiger charge is 2.23. The van der Waals surface area contributed by atoms with E-state index in [0.717, 1.165) is 49.7 Å². The normalized spacial score (nSPS) is 20.8. The van der Waals surface area contributed by atoms with Crippen molar-refractivity contribution in [1.29, 1.82) is 0 Å². The second kappa shape index (κ2) is 8.89. The van der Waals surface area contributed by atoms with Gasteiger partial charge in [0, 0.05) is 11.1 Å². The Kier molecular flexibility index (Phi) is 6.53. The molecule has 1 aliphatic carbocycles. The van der Waals surface area contributed by atoms with Crippen molar-refractivity contribution in [3.63, 3.8) is 0 Å². The van der Waals surface area contributed by atoms with Gasteiger partial charge in [0.15, 0.2) is 23.3 Å². The molecule has 0 amide bonds. The second-order valence-electron chi connectivity index (χ2n) is 7.50. The van der Waals surface area contributed by atoms with Crippen LogP contribution in [0.25, 0.3) is 11.7 Å². The van der Waals surface area contributed by atoms with Crippen LogP contribution in [-0.2, 0) is 0 Å². The molecular formula is C23H23F5. The summed E-state index contributed by atoms with van der Waals surface area (Å²) in [6.07, 6.45) is 6.49. The molecule has 150 valence electrons. The molecule has 28 heavy (non-hydrogen) atoms. The monoisotopic (exact) mass is 394 g/mol. The molecule has 0 heterocycles. The fourth-order valence-corrected chi connectivity index (χ4v) is 4.03. The van der Waals surface area contributed by atoms with E-state index in [9.17, 15) is 22.0 Å². The minimum atomic E-state index is -1.43. The van der Waals surface area contributed by atoms with Gasteiger partial charge in [0.2, 0.25) is 0 Å². The number of rotatable bonds is 5. The average Bonchev–Trinajstić information content (AvgIpc) is 2.70. The van der Waals surface area contributed by atoms with Gasteiger partial charge in [-0.15, -0.1) is 0 Å². The third kappa shape index (κ3) is 4.45. The Morgan fingerprint density at radius 3 is 2.14 bits per heavy atom. The molecule has 0 aliphatic heterocycles. The van der Waals surface area contributed by atoms with Crippen LogP contribution in [0.2, 0.25) is 0 Å². The van der Waals surface area contributed by atoms with E-state index in [0.29, 0.717) is 12.1 Å². The largest absolute Gasteiger partial charge is 0.206 e. The topological polar surface area (TPSA) is 0 Å². The van der Waals surface area contributed by atoms with Crippen LogP contribution in [0.1, 0.15) is 68.1 Å². The lowest BCUT2D eigenvalue weighted by Crippen LogP contribution is -2.13. The highest BCUT2D eigenvalue weighted by Crippen LogP contribution is 2.39. The number of benzene rings is 2. The average molecular weight is 394 g/mol. The molecule has 0 N–H and O–H groups in total. The lowest BCUT2D eigenvalue weighted by molar-refractivity contribution is 0.308. The first-order chi connectivity index (χ1) is 13.4. The van der Waals surface area contributed by atoms with Crippen LogP contribution in [-0.4, -0.2) is 0 Å². The Labute approximate surface area is 162 Å². The van der Waals surface area contributed by atoms with Gasteiger partial charge in [-0.3, -0.25) is 0 Å². The summed E-state index contributed by atoms with van der Waals surface area (Å²) in [7, 11) is 0. The SMILES string of the molecule is CCCC1CCC(c2ccc(C(F)=C(F)c3ccc(F)c(F)c3)c(F)c2)CC1. The number of hydrogen-bond donors (Lipinski definition) is 0. The lowest BCUT2D eigenvalue weighted by Gasteiger charge is -2.28. The molecule has 3 rings (SSSR count). The summed E-state index contributed by atoms with van der Waals surface area (Å²) in [5, 5.41) is 0. The standard InChI is InChI=1S/C23H23F5/c1-2-3-14-4-6-15(7-5-14)16-8-10-18(20(25)12-16)23(28)22(27)17-9-11-19(24)21(26)13-17/h8-15H,2-7H2,1H3. The first kappa shape index (κ1) is 20.6. The van der Waals surface area contributed by atoms with E-state index < -0.39 is 40.2 Å². The predicted octanol–water partition coefficient (Wildman–Crippen LogP) is 7.94. The second-order valence-corrected chi connectivity index (χ2v) is 7.50. The van der Waals surface area contributed by atoms with Gasteiger partial charge >= 0.3 is 0 Å². The molecule has 0 unspecified atom stereocenters. The van der Waals surface area contributed by atoms with Gasteiger partial charge in [-0.2, -0.15) is 0 Å². The Morgan fingerprint density at radius 1 is 0.821 bits per heavy atom. The van der Waals surface area contributed by atoms with Crippen LogP contribution in [0, 0.1) is 23.4 Å². The highest BCUT2D eigenvalue weighted by atomic mass is 19.2. The van der Waals surface area contributed by atoms with E-state index >= 15 is 0 Å². The number of hydrogen-bond acceptors (Lipinski definition) is 0. The van der Waals surface area contributed by atoms with Crippen LogP contribution in [0.15, 0.2) is 36.4 Å². The van der Waals surface area contributed by atoms with Crippen LogP contribution >= 0.6 is 0 Å². The van der Waals surface area contributed by atoms with E-state index in [1.54, 1.807) is 6.07 Å². The molecule has 0 saturated heterocycles. The van der Waals surface area contributed by atoms with Crippen molar-refractivity contribution >= 4 is 11.7 Å². The van der Waals surface area contributed by atoms with Crippen molar-refractivity contribution in [2.24, 2.45) is 5.92 Å². The molecule has 1 saturated carbocycles. The lowest BCUT2D eigenvalue weighted by atomic mass is 9.77. The Hall–Kier alpha value is -2.17. The van der Waals surface area contributed by atoms with Crippen molar-refractivity contribution in [2.75, 3.05) is 0 Å². The minimum absolute atomic E-state index is 0.222. The van der Waals surface area contributed by atoms with Crippen molar-refractivity contribution in [1.82, 2.24) is 0 Å². The summed E-state index contributed by atoms with van der Waals surface area (Å²) < 4.78 is 69.5. The maximum absolute atomic E-state index is 14.5. The number of halogens is 5. The zero-order chi connectivity index (χ0) is 20.3. The fourth-order valence-electron chi connectivity index (χ4n) is 4.03. The van der Waals surface area contributed by atoms with Gasteiger partial charge < -0.3 is 0 Å². The first-order valence-electron chi connectivity index (χ1n) is 9.71. The van der Waals surface area contributed by atoms with Gasteiger partial charge in [-0.1, -0.05) is 25.8 Å². The van der Waals surface area contributed by atoms with Gasteiger partial charge in [0.05, 0.1) is 0 Å². The maximum Gasteiger partial charge on any atom is 0.169 e. The molecule has 0 radical (unpaired) electrons. The van der Waals surface area contributed by atoms with Crippen molar-refractivity contribution in [2.45, 2.75) is 51.4 Å². The summed E-state index contributed by atoms with van der Waals surface area (Å²) in [4.78, 5) is 0. The summed E-state index contributed by atoms with van der Waals surface area (Å²) in [5.74, 6) is -5.23. The van der Waals surface area contributed by atoms with E-state index in [4.69, 9.17) is 0 Å². The molecule has 0 atom stereocenters. The zero-order valence-electron chi connectivity index (χ0n) is 15.8. The molecule has 0 aromatic heterocycles. The van der Waals surface area contributed by atoms with Gasteiger partial charge in [-0.05, 0) is 73.4 Å². The van der Waals surface area contributed by atoms with Crippen LogP contribution in [0.4, 0.5) is 22.0 Å². The highest BCUT2D eigenvalue weighted by molar-refractivity contribution is 5.83. The smallest absolute Gasteiger partial charge is 0.169 e. The maximum atomic E-state index is 14.5. The molecule has 1 fully saturated rings. The molecule has 0 spiro atoms. The van der Waals surface area contributed by atoms with Gasteiger partial charge in [-0.25, -0.2) is 22.0 Å². The quantitative estimate of drug-likeness (QED) is 0.357. The molecule has 5 heteroatoms. The van der Waals surface area contributed by atoms with Crippen LogP contribution < -0.4 is 0 Å². The van der Waals surface area contributed by atoms with Gasteiger partial charge in [0.25, 0.3) is 0 Å². The molecule has 0 bridgehead atoms. The third-order valence-corrected chi connectivity index (χ3v) is 5.61. The molecule has 0 nitrogen and oxygen atoms in total. The zero-order valence-corrected chi connectivity index (χ0v) is 15.8. The molecule has 1 aliphatic rings. The molecular weight excluding hydrogens is 371 g/mol. The first-order valence-corrected chi connectivity index (χ1v) is 9.71. The van der Waals surface area contributed by atoms with Crippen molar-refractivity contribution < 1.29 is 22.0 Å². The minimum Gasteiger partial charge on any atom is -0.206 e. The van der Waals surface area contributed by atoms with Crippen LogP contribution in [0.5, 0.6) is 0 Å². The van der Waals surface area contributed by atoms with Crippen LogP contribution in [0.3, 0.4) is 0 Å². The van der Waals surface area contributed by atoms with E-state index in [2.05, 4.69) is 6.92 Å². The molecule has 2 aromatic carbocycles. The van der Waals surface area contributed by atoms with Crippen molar-refractivity contribution in [3.8, 4) is 0 Å². The Morgan fingerprint density at radius 2 is 1.54 bits per heavy atom. The summed E-state index contributed by atoms with van der Waals surface area (Å²) in [6.45, 7) is 2.17. The third-order valence-electron chi connectivity index (χ3n) is 5.61. The van der Waals surface area contributed by atoms with E-state index in [1.165, 1.54) is 18.6 Å². The Balaban J connectivity index is 1.81. The summed E-state index contributed by atoms with van der Waals surface area (Å²) in [6, 6.07) is 6.27. The van der Waals surface area contributed by atoms with E-state index in [-0.39, 0.29) is 5.92 Å². The Bertz CT molecular complexity index is 863. The summed E-state index contributed by atoms with van der Waals surface area (Å²) in [5.41, 5.74) is -0.211. The molecule has 2 aromatic rings. The fraction of sp³-hybridized carbons (Fsp3) is 0.391. The van der Waals surface area contributed by atoms with E-state index in [1.807, 2.05) is 0 Å². The summed E-state index contributed by atoms with van der Waals surface area (Å²) >= 11 is 0. The van der Waals surface area contributed by atoms with Crippen molar-refractivity contribution in [3.05, 3.63) is 70.5 Å². The van der Waals surface area contributed by atoms with Gasteiger partial charge in [0.1, 0.15) is 5.82 Å². The predicted molar refractivity (Wildman–Crippen MR) is 101 cm³/mol.